The fraction of sp³-hybridized carbons (Fsp3) is 0.727. The van der Waals surface area contributed by atoms with Crippen molar-refractivity contribution in [2.75, 3.05) is 0 Å². The molecule has 26 heavy (non-hydrogen) atoms. The standard InChI is InChI=1S/C22H34O4/c1-2-3-4-5-6-7-8-9-10-11-12-13-14-15-16-17-18-19-20(21(23)24)22(25)26/h20H,2-8,13-19H2,1H3,(H,23,24)(H,25,26). The van der Waals surface area contributed by atoms with Crippen molar-refractivity contribution in [1.29, 1.82) is 0 Å². The molecule has 0 rings (SSSR count). The van der Waals surface area contributed by atoms with Crippen molar-refractivity contribution in [3.8, 4) is 23.7 Å². The van der Waals surface area contributed by atoms with Crippen LogP contribution in [0.5, 0.6) is 0 Å². The Bertz CT molecular complexity index is 488. The summed E-state index contributed by atoms with van der Waals surface area (Å²) in [5, 5.41) is 17.5. The first kappa shape index (κ1) is 24.1. The largest absolute Gasteiger partial charge is 0.481 e. The lowest BCUT2D eigenvalue weighted by Gasteiger charge is -2.06. The summed E-state index contributed by atoms with van der Waals surface area (Å²) in [6, 6.07) is 0. The van der Waals surface area contributed by atoms with Gasteiger partial charge in [0.15, 0.2) is 5.92 Å². The van der Waals surface area contributed by atoms with Crippen molar-refractivity contribution in [2.24, 2.45) is 5.92 Å². The van der Waals surface area contributed by atoms with E-state index < -0.39 is 17.9 Å². The van der Waals surface area contributed by atoms with Crippen LogP contribution in [-0.4, -0.2) is 22.2 Å². The summed E-state index contributed by atoms with van der Waals surface area (Å²) in [5.41, 5.74) is 0. The quantitative estimate of drug-likeness (QED) is 0.237. The number of carboxylic acid groups (broad SMARTS) is 2. The van der Waals surface area contributed by atoms with E-state index in [1.165, 1.54) is 38.5 Å². The Kier molecular flexibility index (Phi) is 16.5. The van der Waals surface area contributed by atoms with Crippen molar-refractivity contribution >= 4 is 11.9 Å². The molecule has 4 heteroatoms. The monoisotopic (exact) mass is 362 g/mol. The van der Waals surface area contributed by atoms with Gasteiger partial charge in [-0.05, 0) is 31.1 Å². The van der Waals surface area contributed by atoms with Gasteiger partial charge in [0.05, 0.1) is 0 Å². The van der Waals surface area contributed by atoms with Gasteiger partial charge in [-0.1, -0.05) is 76.6 Å². The minimum atomic E-state index is -1.27. The van der Waals surface area contributed by atoms with Gasteiger partial charge in [-0.3, -0.25) is 9.59 Å². The van der Waals surface area contributed by atoms with Crippen LogP contribution in [0.15, 0.2) is 0 Å². The molecule has 0 spiro atoms. The van der Waals surface area contributed by atoms with Gasteiger partial charge in [0.25, 0.3) is 0 Å². The van der Waals surface area contributed by atoms with Crippen LogP contribution < -0.4 is 0 Å². The van der Waals surface area contributed by atoms with Crippen molar-refractivity contribution in [3.63, 3.8) is 0 Å². The topological polar surface area (TPSA) is 74.6 Å². The Morgan fingerprint density at radius 1 is 0.692 bits per heavy atom. The van der Waals surface area contributed by atoms with E-state index in [1.807, 2.05) is 0 Å². The molecule has 0 aliphatic carbocycles. The van der Waals surface area contributed by atoms with Crippen molar-refractivity contribution in [1.82, 2.24) is 0 Å². The number of carboxylic acids is 2. The molecule has 0 heterocycles. The minimum absolute atomic E-state index is 0.207. The van der Waals surface area contributed by atoms with Gasteiger partial charge in [-0.25, -0.2) is 0 Å². The first-order chi connectivity index (χ1) is 12.6. The molecule has 0 radical (unpaired) electrons. The number of aliphatic carboxylic acids is 2. The van der Waals surface area contributed by atoms with Crippen LogP contribution in [0, 0.1) is 29.6 Å². The SMILES string of the molecule is CCCCCCCCC#CC#CCCCCCCCC(C(=O)O)C(=O)O. The molecule has 0 bridgehead atoms. The van der Waals surface area contributed by atoms with Gasteiger partial charge < -0.3 is 10.2 Å². The summed E-state index contributed by atoms with van der Waals surface area (Å²) in [7, 11) is 0. The molecule has 0 saturated carbocycles. The minimum Gasteiger partial charge on any atom is -0.481 e. The zero-order valence-corrected chi connectivity index (χ0v) is 16.2. The van der Waals surface area contributed by atoms with E-state index in [0.717, 1.165) is 38.5 Å². The molecule has 0 saturated heterocycles. The normalized spacial score (nSPS) is 9.92. The molecular weight excluding hydrogens is 328 g/mol. The first-order valence-electron chi connectivity index (χ1n) is 10.0. The predicted octanol–water partition coefficient (Wildman–Crippen LogP) is 5.26. The first-order valence-corrected chi connectivity index (χ1v) is 10.0. The molecule has 0 fully saturated rings. The van der Waals surface area contributed by atoms with E-state index in [1.54, 1.807) is 0 Å². The lowest BCUT2D eigenvalue weighted by atomic mass is 10.0. The summed E-state index contributed by atoms with van der Waals surface area (Å²) in [4.78, 5) is 21.5. The van der Waals surface area contributed by atoms with Crippen LogP contribution in [0.1, 0.15) is 96.8 Å². The van der Waals surface area contributed by atoms with Gasteiger partial charge in [0.2, 0.25) is 0 Å². The van der Waals surface area contributed by atoms with Gasteiger partial charge in [-0.2, -0.15) is 0 Å². The molecule has 146 valence electrons. The van der Waals surface area contributed by atoms with Gasteiger partial charge in [-0.15, -0.1) is 0 Å². The maximum Gasteiger partial charge on any atom is 0.317 e. The second-order valence-corrected chi connectivity index (χ2v) is 6.66. The number of hydrogen-bond donors (Lipinski definition) is 2. The highest BCUT2D eigenvalue weighted by molar-refractivity contribution is 5.92. The van der Waals surface area contributed by atoms with Crippen LogP contribution in [-0.2, 0) is 9.59 Å². The van der Waals surface area contributed by atoms with Gasteiger partial charge in [0.1, 0.15) is 0 Å². The summed E-state index contributed by atoms with van der Waals surface area (Å²) in [6.07, 6.45) is 14.2. The molecule has 0 aliphatic rings. The Labute approximate surface area is 158 Å². The Morgan fingerprint density at radius 3 is 1.58 bits per heavy atom. The van der Waals surface area contributed by atoms with Crippen molar-refractivity contribution in [3.05, 3.63) is 0 Å². The number of carbonyl (C=O) groups is 2. The van der Waals surface area contributed by atoms with E-state index in [2.05, 4.69) is 30.6 Å². The highest BCUT2D eigenvalue weighted by Crippen LogP contribution is 2.13. The lowest BCUT2D eigenvalue weighted by Crippen LogP contribution is -2.23. The summed E-state index contributed by atoms with van der Waals surface area (Å²) >= 11 is 0. The average molecular weight is 363 g/mol. The van der Waals surface area contributed by atoms with Crippen LogP contribution in [0.4, 0.5) is 0 Å². The zero-order chi connectivity index (χ0) is 19.5. The molecule has 0 atom stereocenters. The molecule has 2 N–H and O–H groups in total. The second kappa shape index (κ2) is 17.9. The molecule has 4 nitrogen and oxygen atoms in total. The number of hydrogen-bond acceptors (Lipinski definition) is 2. The smallest absolute Gasteiger partial charge is 0.317 e. The number of unbranched alkanes of at least 4 members (excludes halogenated alkanes) is 11. The Balaban J connectivity index is 3.49. The third kappa shape index (κ3) is 15.6. The summed E-state index contributed by atoms with van der Waals surface area (Å²) < 4.78 is 0. The van der Waals surface area contributed by atoms with E-state index in [4.69, 9.17) is 10.2 Å². The molecule has 0 aromatic heterocycles. The van der Waals surface area contributed by atoms with E-state index in [-0.39, 0.29) is 6.42 Å². The van der Waals surface area contributed by atoms with Crippen LogP contribution in [0.25, 0.3) is 0 Å². The fourth-order valence-corrected chi connectivity index (χ4v) is 2.65. The van der Waals surface area contributed by atoms with E-state index in [0.29, 0.717) is 6.42 Å². The highest BCUT2D eigenvalue weighted by atomic mass is 16.4. The zero-order valence-electron chi connectivity index (χ0n) is 16.2. The van der Waals surface area contributed by atoms with Crippen LogP contribution in [0.3, 0.4) is 0 Å². The molecule has 0 aliphatic heterocycles. The maximum atomic E-state index is 10.7. The van der Waals surface area contributed by atoms with Gasteiger partial charge in [0, 0.05) is 12.8 Å². The summed E-state index contributed by atoms with van der Waals surface area (Å²) in [6.45, 7) is 2.23. The lowest BCUT2D eigenvalue weighted by molar-refractivity contribution is -0.154. The van der Waals surface area contributed by atoms with Crippen LogP contribution >= 0.6 is 0 Å². The Morgan fingerprint density at radius 2 is 1.12 bits per heavy atom. The second-order valence-electron chi connectivity index (χ2n) is 6.66. The van der Waals surface area contributed by atoms with E-state index >= 15 is 0 Å². The third-order valence-electron chi connectivity index (χ3n) is 4.29. The van der Waals surface area contributed by atoms with Crippen molar-refractivity contribution in [2.45, 2.75) is 96.8 Å². The van der Waals surface area contributed by atoms with Gasteiger partial charge >= 0.3 is 11.9 Å². The number of rotatable bonds is 15. The highest BCUT2D eigenvalue weighted by Gasteiger charge is 2.24. The molecule has 0 aromatic rings. The average Bonchev–Trinajstić information content (AvgIpc) is 2.60. The van der Waals surface area contributed by atoms with E-state index in [9.17, 15) is 9.59 Å². The molecule has 0 unspecified atom stereocenters. The van der Waals surface area contributed by atoms with Crippen molar-refractivity contribution < 1.29 is 19.8 Å². The predicted molar refractivity (Wildman–Crippen MR) is 105 cm³/mol. The Hall–Kier alpha value is -1.94. The fourth-order valence-electron chi connectivity index (χ4n) is 2.65. The maximum absolute atomic E-state index is 10.7. The molecule has 0 aromatic carbocycles. The molecule has 0 amide bonds. The third-order valence-corrected chi connectivity index (χ3v) is 4.29. The molecular formula is C22H34O4. The summed E-state index contributed by atoms with van der Waals surface area (Å²) in [5.74, 6) is 8.22. The van der Waals surface area contributed by atoms with Crippen LogP contribution in [0.2, 0.25) is 0 Å².